The molecule has 2 rings (SSSR count). The molecule has 0 bridgehead atoms. The molecule has 2 unspecified atom stereocenters. The van der Waals surface area contributed by atoms with Crippen molar-refractivity contribution < 1.29 is 9.59 Å². The summed E-state index contributed by atoms with van der Waals surface area (Å²) in [7, 11) is 0. The first-order valence-corrected chi connectivity index (χ1v) is 7.64. The molecule has 0 radical (unpaired) electrons. The van der Waals surface area contributed by atoms with Crippen molar-refractivity contribution in [3.05, 3.63) is 34.9 Å². The number of carbonyl (C=O) groups excluding carboxylic acids is 2. The summed E-state index contributed by atoms with van der Waals surface area (Å²) in [6.45, 7) is 8.46. The number of piperazine rings is 1. The third-order valence-corrected chi connectivity index (χ3v) is 4.22. The number of nitrogens with one attached hydrogen (secondary N) is 1. The highest BCUT2D eigenvalue weighted by Gasteiger charge is 2.38. The largest absolute Gasteiger partial charge is 0.343 e. The zero-order chi connectivity index (χ0) is 15.6. The molecule has 21 heavy (non-hydrogen) atoms. The summed E-state index contributed by atoms with van der Waals surface area (Å²) in [5.74, 6) is -0.000822. The van der Waals surface area contributed by atoms with Crippen molar-refractivity contribution in [1.29, 1.82) is 0 Å². The van der Waals surface area contributed by atoms with Crippen molar-refractivity contribution in [3.63, 3.8) is 0 Å². The van der Waals surface area contributed by atoms with Gasteiger partial charge in [-0.1, -0.05) is 37.6 Å². The van der Waals surface area contributed by atoms with Gasteiger partial charge in [0.2, 0.25) is 11.8 Å². The average molecular weight is 288 g/mol. The number of aryl methyl sites for hydroxylation is 2. The van der Waals surface area contributed by atoms with Crippen LogP contribution < -0.4 is 5.32 Å². The van der Waals surface area contributed by atoms with Gasteiger partial charge < -0.3 is 10.2 Å². The Balaban J connectivity index is 2.31. The normalized spacial score (nSPS) is 22.4. The van der Waals surface area contributed by atoms with Gasteiger partial charge in [-0.05, 0) is 37.8 Å². The molecule has 4 heteroatoms. The van der Waals surface area contributed by atoms with Crippen molar-refractivity contribution in [1.82, 2.24) is 10.2 Å². The summed E-state index contributed by atoms with van der Waals surface area (Å²) < 4.78 is 0. The molecule has 0 saturated carbocycles. The standard InChI is InChI=1S/C17H24N2O2/c1-5-14-17(21)19(15(6-2)16(20)18-14)10-13-9-11(3)7-8-12(13)4/h7-9,14-15H,5-6,10H2,1-4H3,(H,18,20). The summed E-state index contributed by atoms with van der Waals surface area (Å²) in [5, 5.41) is 2.83. The molecule has 2 amide bonds. The Hall–Kier alpha value is -1.84. The van der Waals surface area contributed by atoms with Crippen LogP contribution in [0.3, 0.4) is 0 Å². The van der Waals surface area contributed by atoms with E-state index in [2.05, 4.69) is 23.5 Å². The minimum absolute atomic E-state index is 0.0323. The molecular formula is C17H24N2O2. The molecule has 0 aliphatic carbocycles. The summed E-state index contributed by atoms with van der Waals surface area (Å²) >= 11 is 0. The van der Waals surface area contributed by atoms with E-state index < -0.39 is 0 Å². The Morgan fingerprint density at radius 3 is 2.48 bits per heavy atom. The second-order valence-corrected chi connectivity index (χ2v) is 5.79. The maximum absolute atomic E-state index is 12.6. The van der Waals surface area contributed by atoms with E-state index in [4.69, 9.17) is 0 Å². The van der Waals surface area contributed by atoms with Crippen molar-refractivity contribution in [2.24, 2.45) is 0 Å². The van der Waals surface area contributed by atoms with Crippen molar-refractivity contribution in [3.8, 4) is 0 Å². The quantitative estimate of drug-likeness (QED) is 0.924. The fourth-order valence-electron chi connectivity index (χ4n) is 2.85. The second-order valence-electron chi connectivity index (χ2n) is 5.79. The Morgan fingerprint density at radius 1 is 1.14 bits per heavy atom. The molecule has 2 atom stereocenters. The van der Waals surface area contributed by atoms with Gasteiger partial charge in [-0.15, -0.1) is 0 Å². The maximum atomic E-state index is 12.6. The molecule has 1 saturated heterocycles. The van der Waals surface area contributed by atoms with Crippen LogP contribution in [0.25, 0.3) is 0 Å². The SMILES string of the molecule is CCC1NC(=O)C(CC)N(Cc2cc(C)ccc2C)C1=O. The van der Waals surface area contributed by atoms with Crippen molar-refractivity contribution >= 4 is 11.8 Å². The minimum Gasteiger partial charge on any atom is -0.343 e. The van der Waals surface area contributed by atoms with E-state index in [9.17, 15) is 9.59 Å². The van der Waals surface area contributed by atoms with Gasteiger partial charge in [0.1, 0.15) is 12.1 Å². The molecule has 1 heterocycles. The molecular weight excluding hydrogens is 264 g/mol. The van der Waals surface area contributed by atoms with E-state index in [1.54, 1.807) is 4.90 Å². The molecule has 0 spiro atoms. The molecule has 114 valence electrons. The van der Waals surface area contributed by atoms with Gasteiger partial charge in [-0.25, -0.2) is 0 Å². The zero-order valence-corrected chi connectivity index (χ0v) is 13.3. The first-order chi connectivity index (χ1) is 9.97. The molecule has 1 fully saturated rings. The van der Waals surface area contributed by atoms with Crippen molar-refractivity contribution in [2.75, 3.05) is 0 Å². The summed E-state index contributed by atoms with van der Waals surface area (Å²) in [5.41, 5.74) is 3.44. The third-order valence-electron chi connectivity index (χ3n) is 4.22. The minimum atomic E-state index is -0.384. The highest BCUT2D eigenvalue weighted by Crippen LogP contribution is 2.20. The first-order valence-electron chi connectivity index (χ1n) is 7.64. The lowest BCUT2D eigenvalue weighted by atomic mass is 10.00. The van der Waals surface area contributed by atoms with Gasteiger partial charge in [-0.3, -0.25) is 9.59 Å². The van der Waals surface area contributed by atoms with Gasteiger partial charge in [0.05, 0.1) is 0 Å². The van der Waals surface area contributed by atoms with Gasteiger partial charge in [0.25, 0.3) is 0 Å². The third kappa shape index (κ3) is 3.09. The summed E-state index contributed by atoms with van der Waals surface area (Å²) in [4.78, 5) is 26.5. The van der Waals surface area contributed by atoms with E-state index in [0.29, 0.717) is 19.4 Å². The van der Waals surface area contributed by atoms with Gasteiger partial charge >= 0.3 is 0 Å². The summed E-state index contributed by atoms with van der Waals surface area (Å²) in [6.07, 6.45) is 1.27. The highest BCUT2D eigenvalue weighted by atomic mass is 16.2. The lowest BCUT2D eigenvalue weighted by molar-refractivity contribution is -0.150. The van der Waals surface area contributed by atoms with Gasteiger partial charge in [0, 0.05) is 6.54 Å². The van der Waals surface area contributed by atoms with E-state index in [1.807, 2.05) is 27.7 Å². The number of rotatable bonds is 4. The molecule has 1 N–H and O–H groups in total. The van der Waals surface area contributed by atoms with Crippen LogP contribution in [0.2, 0.25) is 0 Å². The number of carbonyl (C=O) groups is 2. The molecule has 1 aromatic rings. The summed E-state index contributed by atoms with van der Waals surface area (Å²) in [6, 6.07) is 5.49. The van der Waals surface area contributed by atoms with E-state index in [0.717, 1.165) is 11.1 Å². The Bertz CT molecular complexity index is 554. The number of hydrogen-bond acceptors (Lipinski definition) is 2. The van der Waals surface area contributed by atoms with Crippen LogP contribution in [0.4, 0.5) is 0 Å². The first kappa shape index (κ1) is 15.5. The Kier molecular flexibility index (Phi) is 4.66. The smallest absolute Gasteiger partial charge is 0.246 e. The predicted octanol–water partition coefficient (Wildman–Crippen LogP) is 2.32. The van der Waals surface area contributed by atoms with E-state index in [-0.39, 0.29) is 23.9 Å². The fourth-order valence-corrected chi connectivity index (χ4v) is 2.85. The maximum Gasteiger partial charge on any atom is 0.246 e. The van der Waals surface area contributed by atoms with Gasteiger partial charge in [-0.2, -0.15) is 0 Å². The molecule has 1 aromatic carbocycles. The van der Waals surface area contributed by atoms with Crippen molar-refractivity contribution in [2.45, 2.75) is 59.2 Å². The Morgan fingerprint density at radius 2 is 1.86 bits per heavy atom. The topological polar surface area (TPSA) is 49.4 Å². The molecule has 1 aliphatic rings. The Labute approximate surface area is 126 Å². The average Bonchev–Trinajstić information content (AvgIpc) is 2.46. The lowest BCUT2D eigenvalue weighted by Crippen LogP contribution is -2.62. The van der Waals surface area contributed by atoms with Crippen LogP contribution in [0.5, 0.6) is 0 Å². The van der Waals surface area contributed by atoms with Crippen LogP contribution in [-0.2, 0) is 16.1 Å². The monoisotopic (exact) mass is 288 g/mol. The van der Waals surface area contributed by atoms with Crippen LogP contribution in [0.1, 0.15) is 43.4 Å². The number of amides is 2. The van der Waals surface area contributed by atoms with E-state index in [1.165, 1.54) is 5.56 Å². The van der Waals surface area contributed by atoms with Crippen LogP contribution in [-0.4, -0.2) is 28.8 Å². The van der Waals surface area contributed by atoms with Gasteiger partial charge in [0.15, 0.2) is 0 Å². The highest BCUT2D eigenvalue weighted by molar-refractivity contribution is 5.96. The zero-order valence-electron chi connectivity index (χ0n) is 13.3. The van der Waals surface area contributed by atoms with Crippen LogP contribution in [0.15, 0.2) is 18.2 Å². The molecule has 1 aliphatic heterocycles. The lowest BCUT2D eigenvalue weighted by Gasteiger charge is -2.38. The second kappa shape index (κ2) is 6.29. The fraction of sp³-hybridized carbons (Fsp3) is 0.529. The molecule has 4 nitrogen and oxygen atoms in total. The number of nitrogens with zero attached hydrogens (tertiary/aromatic N) is 1. The predicted molar refractivity (Wildman–Crippen MR) is 82.8 cm³/mol. The van der Waals surface area contributed by atoms with Crippen LogP contribution >= 0.6 is 0 Å². The number of hydrogen-bond donors (Lipinski definition) is 1. The van der Waals surface area contributed by atoms with E-state index >= 15 is 0 Å². The molecule has 0 aromatic heterocycles. The van der Waals surface area contributed by atoms with Crippen LogP contribution in [0, 0.1) is 13.8 Å². The number of benzene rings is 1.